The van der Waals surface area contributed by atoms with Gasteiger partial charge in [0.05, 0.1) is 0 Å². The van der Waals surface area contributed by atoms with Gasteiger partial charge in [0, 0.05) is 65.0 Å². The van der Waals surface area contributed by atoms with Crippen molar-refractivity contribution in [3.63, 3.8) is 0 Å². The Bertz CT molecular complexity index is 3600. The van der Waals surface area contributed by atoms with Crippen LogP contribution in [0.25, 0.3) is 89.5 Å². The van der Waals surface area contributed by atoms with Crippen LogP contribution in [-0.4, -0.2) is 19.9 Å². The Balaban J connectivity index is 0.000000178. The first-order chi connectivity index (χ1) is 42.5. The molecule has 0 aliphatic heterocycles. The molecule has 2 fully saturated rings. The maximum Gasteiger partial charge on any atom is 0.0239 e. The molecule has 4 unspecified atom stereocenters. The van der Waals surface area contributed by atoms with E-state index in [0.717, 1.165) is 57.9 Å². The Kier molecular flexibility index (Phi) is 20.3. The predicted octanol–water partition coefficient (Wildman–Crippen LogP) is 20.9. The largest absolute Gasteiger partial charge is 0.304 e. The molecular weight excluding hydrogens is 1430 g/mol. The first-order valence-electron chi connectivity index (χ1n) is 30.6. The van der Waals surface area contributed by atoms with E-state index in [1.165, 1.54) is 92.4 Å². The average molecular weight is 1490 g/mol. The molecule has 8 aromatic carbocycles. The zero-order valence-electron chi connectivity index (χ0n) is 49.6. The molecular formula is C82H68Ir2N4-4. The van der Waals surface area contributed by atoms with Crippen LogP contribution in [0, 0.1) is 36.1 Å². The first-order valence-corrected chi connectivity index (χ1v) is 30.6. The molecule has 6 heteroatoms. The van der Waals surface area contributed by atoms with Crippen molar-refractivity contribution >= 4 is 0 Å². The third-order valence-electron chi connectivity index (χ3n) is 17.7. The van der Waals surface area contributed by atoms with Crippen molar-refractivity contribution in [3.8, 4) is 89.5 Å². The molecule has 0 bridgehead atoms. The Morgan fingerprint density at radius 3 is 0.693 bits per heavy atom. The third-order valence-corrected chi connectivity index (χ3v) is 17.7. The summed E-state index contributed by atoms with van der Waals surface area (Å²) in [5.74, 6) is 3.19. The molecule has 4 heterocycles. The van der Waals surface area contributed by atoms with Crippen LogP contribution in [0.5, 0.6) is 0 Å². The topological polar surface area (TPSA) is 51.6 Å². The fourth-order valence-electron chi connectivity index (χ4n) is 13.7. The quantitative estimate of drug-likeness (QED) is 0.114. The van der Waals surface area contributed by atoms with Crippen molar-refractivity contribution in [2.45, 2.75) is 76.0 Å². The van der Waals surface area contributed by atoms with E-state index in [1.54, 1.807) is 0 Å². The van der Waals surface area contributed by atoms with Crippen molar-refractivity contribution in [2.24, 2.45) is 11.8 Å². The van der Waals surface area contributed by atoms with Gasteiger partial charge in [-0.3, -0.25) is 0 Å². The van der Waals surface area contributed by atoms with Gasteiger partial charge in [-0.05, 0) is 164 Å². The summed E-state index contributed by atoms with van der Waals surface area (Å²) in [7, 11) is 0. The monoisotopic (exact) mass is 1490 g/mol. The molecule has 14 rings (SSSR count). The molecule has 2 aliphatic rings. The van der Waals surface area contributed by atoms with Crippen LogP contribution in [-0.2, 0) is 40.2 Å². The number of benzene rings is 8. The maximum atomic E-state index is 4.82. The Morgan fingerprint density at radius 1 is 0.261 bits per heavy atom. The summed E-state index contributed by atoms with van der Waals surface area (Å²) in [6.45, 7) is 4.84. The van der Waals surface area contributed by atoms with E-state index in [4.69, 9.17) is 19.9 Å². The molecule has 0 N–H and O–H groups in total. The normalized spacial score (nSPS) is 17.9. The summed E-state index contributed by atoms with van der Waals surface area (Å²) in [6, 6.07) is 98.4. The van der Waals surface area contributed by atoms with Gasteiger partial charge in [-0.2, -0.15) is 0 Å². The van der Waals surface area contributed by atoms with E-state index in [9.17, 15) is 0 Å². The molecule has 4 atom stereocenters. The van der Waals surface area contributed by atoms with Crippen LogP contribution < -0.4 is 0 Å². The van der Waals surface area contributed by atoms with Gasteiger partial charge >= 0.3 is 0 Å². The van der Waals surface area contributed by atoms with Gasteiger partial charge in [-0.25, -0.2) is 0 Å². The van der Waals surface area contributed by atoms with E-state index in [1.807, 2.05) is 97.6 Å². The molecule has 438 valence electrons. The van der Waals surface area contributed by atoms with E-state index in [2.05, 4.69) is 208 Å². The second-order valence-corrected chi connectivity index (χ2v) is 23.6. The van der Waals surface area contributed by atoms with E-state index >= 15 is 0 Å². The smallest absolute Gasteiger partial charge is 0.0239 e. The number of aromatic nitrogens is 4. The van der Waals surface area contributed by atoms with Gasteiger partial charge in [-0.15, -0.1) is 144 Å². The van der Waals surface area contributed by atoms with Gasteiger partial charge < -0.3 is 19.9 Å². The van der Waals surface area contributed by atoms with Crippen LogP contribution in [0.2, 0.25) is 0 Å². The van der Waals surface area contributed by atoms with E-state index in [0.29, 0.717) is 35.5 Å². The fraction of sp³-hybridized carbons (Fsp3) is 0.171. The van der Waals surface area contributed by atoms with Crippen LogP contribution in [0.1, 0.15) is 98.3 Å². The van der Waals surface area contributed by atoms with Crippen LogP contribution in [0.15, 0.2) is 267 Å². The van der Waals surface area contributed by atoms with Crippen molar-refractivity contribution in [3.05, 3.63) is 314 Å². The Morgan fingerprint density at radius 2 is 0.489 bits per heavy atom. The van der Waals surface area contributed by atoms with Gasteiger partial charge in [0.25, 0.3) is 0 Å². The summed E-state index contributed by atoms with van der Waals surface area (Å²) < 4.78 is 0. The van der Waals surface area contributed by atoms with Crippen molar-refractivity contribution in [2.75, 3.05) is 0 Å². The molecule has 0 spiro atoms. The van der Waals surface area contributed by atoms with Gasteiger partial charge in [-0.1, -0.05) is 159 Å². The van der Waals surface area contributed by atoms with Crippen LogP contribution >= 0.6 is 0 Å². The second-order valence-electron chi connectivity index (χ2n) is 23.6. The number of pyridine rings is 4. The molecule has 2 radical (unpaired) electrons. The Labute approximate surface area is 547 Å². The molecule has 4 nitrogen and oxygen atoms in total. The summed E-state index contributed by atoms with van der Waals surface area (Å²) in [5.41, 5.74) is 23.5. The van der Waals surface area contributed by atoms with Crippen LogP contribution in [0.4, 0.5) is 0 Å². The third kappa shape index (κ3) is 14.1. The zero-order valence-corrected chi connectivity index (χ0v) is 54.4. The number of hydrogen-bond donors (Lipinski definition) is 0. The summed E-state index contributed by atoms with van der Waals surface area (Å²) in [6.07, 6.45) is 15.2. The van der Waals surface area contributed by atoms with Gasteiger partial charge in [0.2, 0.25) is 0 Å². The Hall–Kier alpha value is -8.34. The molecule has 0 saturated heterocycles. The molecule has 2 saturated carbocycles. The standard InChI is InChI=1S/2C41H34N2.2Ir/c2*1-29-24-34(38-18-10-8-16-36(38)32-20-22-40(42-27-32)30-12-4-2-5-13-30)26-35(25-29)39-19-11-9-17-37(39)33-21-23-41(43-28-33)31-14-6-3-7-15-31;;/h2*2-12,14,16-23,27-29,34-35H,24-26H2,1H3;;/q2*-2;;. The molecule has 4 aromatic heterocycles. The second kappa shape index (κ2) is 29.1. The number of rotatable bonds is 12. The predicted molar refractivity (Wildman–Crippen MR) is 353 cm³/mol. The average Bonchev–Trinajstić information content (AvgIpc) is 2.04. The van der Waals surface area contributed by atoms with Crippen molar-refractivity contribution in [1.82, 2.24) is 19.9 Å². The molecule has 2 aliphatic carbocycles. The summed E-state index contributed by atoms with van der Waals surface area (Å²) in [5, 5.41) is 0. The minimum absolute atomic E-state index is 0. The molecule has 12 aromatic rings. The number of hydrogen-bond acceptors (Lipinski definition) is 4. The molecule has 88 heavy (non-hydrogen) atoms. The molecule has 0 amide bonds. The zero-order chi connectivity index (χ0) is 58.0. The van der Waals surface area contributed by atoms with Crippen molar-refractivity contribution < 1.29 is 40.2 Å². The summed E-state index contributed by atoms with van der Waals surface area (Å²) in [4.78, 5) is 19.3. The van der Waals surface area contributed by atoms with Crippen LogP contribution in [0.3, 0.4) is 0 Å². The summed E-state index contributed by atoms with van der Waals surface area (Å²) >= 11 is 0. The van der Waals surface area contributed by atoms with E-state index in [-0.39, 0.29) is 40.2 Å². The van der Waals surface area contributed by atoms with Gasteiger partial charge in [0.1, 0.15) is 0 Å². The van der Waals surface area contributed by atoms with Gasteiger partial charge in [0.15, 0.2) is 0 Å². The maximum absolute atomic E-state index is 4.82. The minimum Gasteiger partial charge on any atom is -0.304 e. The van der Waals surface area contributed by atoms with E-state index < -0.39 is 0 Å². The minimum atomic E-state index is 0. The number of nitrogens with zero attached hydrogens (tertiary/aromatic N) is 4. The SMILES string of the molecule is CC1CC(c2ccccc2-c2ccc(-c3[c-]cccc3)nc2)CC(c2ccccc2-c2ccc(-c3[c-]cccc3)nc2)C1.CC1CC(c2ccccc2-c2ccc(-c3[c-]cccc3)nc2)CC(c2ccccc2-c2ccc(-c3[c-]cccc3)nc2)C1.[Ir].[Ir]. The fourth-order valence-corrected chi connectivity index (χ4v) is 13.7. The van der Waals surface area contributed by atoms with Crippen molar-refractivity contribution in [1.29, 1.82) is 0 Å². The first kappa shape index (κ1) is 61.3.